The summed E-state index contributed by atoms with van der Waals surface area (Å²) < 4.78 is 38.2. The predicted molar refractivity (Wildman–Crippen MR) is 75.4 cm³/mol. The Hall–Kier alpha value is -0.750. The molecular formula is C13H18BrF3N2. The fourth-order valence-electron chi connectivity index (χ4n) is 1.74. The fourth-order valence-corrected chi connectivity index (χ4v) is 2.14. The number of alkyl halides is 3. The van der Waals surface area contributed by atoms with Gasteiger partial charge in [-0.25, -0.2) is 0 Å². The molecule has 1 rings (SSSR count). The summed E-state index contributed by atoms with van der Waals surface area (Å²) in [5.74, 6) is 0. The van der Waals surface area contributed by atoms with Gasteiger partial charge in [-0.3, -0.25) is 0 Å². The third-order valence-electron chi connectivity index (χ3n) is 2.57. The molecule has 0 bridgehead atoms. The molecule has 0 fully saturated rings. The van der Waals surface area contributed by atoms with Crippen LogP contribution in [0.3, 0.4) is 0 Å². The van der Waals surface area contributed by atoms with E-state index in [1.807, 2.05) is 19.9 Å². The van der Waals surface area contributed by atoms with Gasteiger partial charge in [-0.2, -0.15) is 13.2 Å². The molecule has 1 N–H and O–H groups in total. The van der Waals surface area contributed by atoms with Crippen LogP contribution in [0.15, 0.2) is 22.7 Å². The Labute approximate surface area is 120 Å². The van der Waals surface area contributed by atoms with Crippen LogP contribution in [0.2, 0.25) is 0 Å². The summed E-state index contributed by atoms with van der Waals surface area (Å²) in [6.07, 6.45) is -4.20. The zero-order valence-corrected chi connectivity index (χ0v) is 12.8. The van der Waals surface area contributed by atoms with Gasteiger partial charge in [-0.1, -0.05) is 29.8 Å². The van der Waals surface area contributed by atoms with Crippen LogP contribution >= 0.6 is 15.9 Å². The van der Waals surface area contributed by atoms with E-state index < -0.39 is 12.7 Å². The van der Waals surface area contributed by atoms with Gasteiger partial charge in [0.25, 0.3) is 0 Å². The van der Waals surface area contributed by atoms with E-state index in [2.05, 4.69) is 21.2 Å². The molecule has 0 heterocycles. The first-order valence-electron chi connectivity index (χ1n) is 5.99. The van der Waals surface area contributed by atoms with E-state index in [0.717, 1.165) is 10.0 Å². The maximum atomic E-state index is 12.5. The Balaban J connectivity index is 2.92. The van der Waals surface area contributed by atoms with Gasteiger partial charge in [-0.05, 0) is 23.8 Å². The topological polar surface area (TPSA) is 15.3 Å². The van der Waals surface area contributed by atoms with Gasteiger partial charge in [0.15, 0.2) is 0 Å². The molecule has 1 aromatic rings. The van der Waals surface area contributed by atoms with Crippen LogP contribution in [0, 0.1) is 0 Å². The maximum Gasteiger partial charge on any atom is 0.405 e. The first-order valence-corrected chi connectivity index (χ1v) is 6.78. The van der Waals surface area contributed by atoms with Gasteiger partial charge >= 0.3 is 6.18 Å². The molecule has 19 heavy (non-hydrogen) atoms. The Morgan fingerprint density at radius 1 is 1.32 bits per heavy atom. The van der Waals surface area contributed by atoms with Crippen molar-refractivity contribution in [1.29, 1.82) is 0 Å². The van der Waals surface area contributed by atoms with Crippen molar-refractivity contribution in [2.75, 3.05) is 18.5 Å². The molecule has 0 radical (unpaired) electrons. The third-order valence-corrected chi connectivity index (χ3v) is 3.06. The number of nitrogens with zero attached hydrogens (tertiary/aromatic N) is 1. The molecule has 0 amide bonds. The highest BCUT2D eigenvalue weighted by molar-refractivity contribution is 9.10. The van der Waals surface area contributed by atoms with Crippen molar-refractivity contribution in [2.24, 2.45) is 0 Å². The lowest BCUT2D eigenvalue weighted by Crippen LogP contribution is -2.32. The van der Waals surface area contributed by atoms with Crippen LogP contribution in [0.4, 0.5) is 18.9 Å². The van der Waals surface area contributed by atoms with Gasteiger partial charge in [0.1, 0.15) is 6.54 Å². The van der Waals surface area contributed by atoms with Crippen molar-refractivity contribution in [3.8, 4) is 0 Å². The van der Waals surface area contributed by atoms with Crippen molar-refractivity contribution in [2.45, 2.75) is 32.6 Å². The smallest absolute Gasteiger partial charge is 0.365 e. The number of halogens is 4. The minimum atomic E-state index is -4.20. The van der Waals surface area contributed by atoms with Crippen LogP contribution < -0.4 is 10.2 Å². The molecule has 6 heteroatoms. The molecule has 108 valence electrons. The van der Waals surface area contributed by atoms with Crippen LogP contribution in [-0.2, 0) is 6.54 Å². The highest BCUT2D eigenvalue weighted by Crippen LogP contribution is 2.26. The SMILES string of the molecule is CC(C)NCc1cc(Br)ccc1N(C)CC(F)(F)F. The van der Waals surface area contributed by atoms with Gasteiger partial charge in [0.05, 0.1) is 0 Å². The molecular weight excluding hydrogens is 321 g/mol. The van der Waals surface area contributed by atoms with E-state index in [0.29, 0.717) is 12.2 Å². The quantitative estimate of drug-likeness (QED) is 0.874. The summed E-state index contributed by atoms with van der Waals surface area (Å²) in [6.45, 7) is 3.58. The fraction of sp³-hybridized carbons (Fsp3) is 0.538. The van der Waals surface area contributed by atoms with E-state index in [1.165, 1.54) is 11.9 Å². The summed E-state index contributed by atoms with van der Waals surface area (Å²) in [7, 11) is 1.45. The highest BCUT2D eigenvalue weighted by Gasteiger charge is 2.30. The van der Waals surface area contributed by atoms with E-state index in [4.69, 9.17) is 0 Å². The zero-order chi connectivity index (χ0) is 14.6. The predicted octanol–water partition coefficient (Wildman–Crippen LogP) is 3.95. The molecule has 0 unspecified atom stereocenters. The van der Waals surface area contributed by atoms with E-state index in [1.54, 1.807) is 12.1 Å². The van der Waals surface area contributed by atoms with Crippen LogP contribution in [-0.4, -0.2) is 25.8 Å². The lowest BCUT2D eigenvalue weighted by atomic mass is 10.1. The summed E-state index contributed by atoms with van der Waals surface area (Å²) >= 11 is 3.35. The summed E-state index contributed by atoms with van der Waals surface area (Å²) in [5.41, 5.74) is 1.43. The molecule has 0 saturated heterocycles. The molecule has 0 aliphatic rings. The number of hydrogen-bond acceptors (Lipinski definition) is 2. The maximum absolute atomic E-state index is 12.5. The van der Waals surface area contributed by atoms with E-state index in [-0.39, 0.29) is 6.04 Å². The van der Waals surface area contributed by atoms with Crippen LogP contribution in [0.25, 0.3) is 0 Å². The second-order valence-electron chi connectivity index (χ2n) is 4.78. The van der Waals surface area contributed by atoms with Crippen LogP contribution in [0.5, 0.6) is 0 Å². The monoisotopic (exact) mass is 338 g/mol. The number of anilines is 1. The molecule has 0 aliphatic heterocycles. The lowest BCUT2D eigenvalue weighted by Gasteiger charge is -2.24. The minimum absolute atomic E-state index is 0.278. The van der Waals surface area contributed by atoms with Gasteiger partial charge < -0.3 is 10.2 Å². The molecule has 0 aromatic heterocycles. The molecule has 2 nitrogen and oxygen atoms in total. The number of benzene rings is 1. The van der Waals surface area contributed by atoms with E-state index in [9.17, 15) is 13.2 Å². The second-order valence-corrected chi connectivity index (χ2v) is 5.70. The Bertz CT molecular complexity index is 419. The Morgan fingerprint density at radius 2 is 1.95 bits per heavy atom. The molecule has 1 aromatic carbocycles. The first kappa shape index (κ1) is 16.3. The van der Waals surface area contributed by atoms with Crippen molar-refractivity contribution < 1.29 is 13.2 Å². The second kappa shape index (κ2) is 6.61. The number of rotatable bonds is 5. The molecule has 0 aliphatic carbocycles. The van der Waals surface area contributed by atoms with Crippen molar-refractivity contribution in [1.82, 2.24) is 5.32 Å². The number of hydrogen-bond donors (Lipinski definition) is 1. The van der Waals surface area contributed by atoms with Crippen LogP contribution in [0.1, 0.15) is 19.4 Å². The van der Waals surface area contributed by atoms with Crippen molar-refractivity contribution in [3.63, 3.8) is 0 Å². The first-order chi connectivity index (χ1) is 8.69. The van der Waals surface area contributed by atoms with Crippen molar-refractivity contribution in [3.05, 3.63) is 28.2 Å². The Kier molecular flexibility index (Phi) is 5.67. The highest BCUT2D eigenvalue weighted by atomic mass is 79.9. The minimum Gasteiger partial charge on any atom is -0.365 e. The van der Waals surface area contributed by atoms with Gasteiger partial charge in [0, 0.05) is 29.8 Å². The van der Waals surface area contributed by atoms with Crippen molar-refractivity contribution >= 4 is 21.6 Å². The van der Waals surface area contributed by atoms with Gasteiger partial charge in [-0.15, -0.1) is 0 Å². The molecule has 0 spiro atoms. The summed E-state index contributed by atoms with van der Waals surface area (Å²) in [6, 6.07) is 5.58. The average molecular weight is 339 g/mol. The standard InChI is InChI=1S/C13H18BrF3N2/c1-9(2)18-7-10-6-11(14)4-5-12(10)19(3)8-13(15,16)17/h4-6,9,18H,7-8H2,1-3H3. The number of nitrogens with one attached hydrogen (secondary N) is 1. The molecule has 0 saturated carbocycles. The van der Waals surface area contributed by atoms with E-state index >= 15 is 0 Å². The normalized spacial score (nSPS) is 12.0. The largest absolute Gasteiger partial charge is 0.405 e. The Morgan fingerprint density at radius 3 is 2.47 bits per heavy atom. The average Bonchev–Trinajstić information content (AvgIpc) is 2.23. The third kappa shape index (κ3) is 5.82. The lowest BCUT2D eigenvalue weighted by molar-refractivity contribution is -0.119. The molecule has 0 atom stereocenters. The zero-order valence-electron chi connectivity index (χ0n) is 11.2. The summed E-state index contributed by atoms with van der Waals surface area (Å²) in [5, 5.41) is 3.22. The van der Waals surface area contributed by atoms with Gasteiger partial charge in [0.2, 0.25) is 0 Å². The summed E-state index contributed by atoms with van der Waals surface area (Å²) in [4.78, 5) is 1.23.